The number of aromatic nitrogens is 1. The molecule has 0 aliphatic rings. The van der Waals surface area contributed by atoms with Gasteiger partial charge in [0.25, 0.3) is 0 Å². The molecule has 6 heteroatoms. The summed E-state index contributed by atoms with van der Waals surface area (Å²) in [6.07, 6.45) is 1.30. The van der Waals surface area contributed by atoms with Crippen molar-refractivity contribution >= 4 is 11.6 Å². The first-order valence-electron chi connectivity index (χ1n) is 5.49. The highest BCUT2D eigenvalue weighted by molar-refractivity contribution is 5.97. The fourth-order valence-electron chi connectivity index (χ4n) is 1.48. The smallest absolute Gasteiger partial charge is 0.406 e. The molecule has 1 heterocycles. The number of pyridine rings is 1. The van der Waals surface area contributed by atoms with E-state index in [0.717, 1.165) is 0 Å². The molecule has 0 bridgehead atoms. The Morgan fingerprint density at radius 3 is 2.63 bits per heavy atom. The molecule has 0 atom stereocenters. The number of carbonyl (C=O) groups is 1. The summed E-state index contributed by atoms with van der Waals surface area (Å²) < 4.78 is 5.16. The van der Waals surface area contributed by atoms with Gasteiger partial charge in [-0.15, -0.1) is 0 Å². The Balaban J connectivity index is 2.07. The molecule has 1 aromatic heterocycles. The highest BCUT2D eigenvalue weighted by Gasteiger charge is 2.16. The third kappa shape index (κ3) is 3.12. The van der Waals surface area contributed by atoms with Gasteiger partial charge in [0.2, 0.25) is 5.75 Å². The van der Waals surface area contributed by atoms with Gasteiger partial charge in [-0.1, -0.05) is 30.3 Å². The Morgan fingerprint density at radius 1 is 1.21 bits per heavy atom. The van der Waals surface area contributed by atoms with E-state index in [4.69, 9.17) is 4.74 Å². The first kappa shape index (κ1) is 12.7. The molecular weight excluding hydrogens is 248 g/mol. The van der Waals surface area contributed by atoms with Gasteiger partial charge in [0.05, 0.1) is 0 Å². The Kier molecular flexibility index (Phi) is 3.82. The quantitative estimate of drug-likeness (QED) is 0.466. The van der Waals surface area contributed by atoms with Crippen LogP contribution in [0.3, 0.4) is 0 Å². The van der Waals surface area contributed by atoms with E-state index in [1.54, 1.807) is 30.3 Å². The molecule has 0 unspecified atom stereocenters. The fourth-order valence-corrected chi connectivity index (χ4v) is 1.48. The number of carbonyl (C=O) groups excluding carboxylic acids is 1. The van der Waals surface area contributed by atoms with Crippen LogP contribution in [-0.2, 0) is 0 Å². The molecule has 0 aliphatic heterocycles. The Labute approximate surface area is 108 Å². The summed E-state index contributed by atoms with van der Waals surface area (Å²) in [6, 6.07) is 11.5. The van der Waals surface area contributed by atoms with Crippen LogP contribution in [0.25, 0.3) is 0 Å². The first-order chi connectivity index (χ1) is 9.18. The van der Waals surface area contributed by atoms with E-state index in [-0.39, 0.29) is 18.1 Å². The molecule has 0 fully saturated rings. The van der Waals surface area contributed by atoms with Crippen molar-refractivity contribution in [3.63, 3.8) is 0 Å². The molecular formula is C13H10N2O4. The molecule has 96 valence electrons. The Hall–Kier alpha value is -2.76. The van der Waals surface area contributed by atoms with Gasteiger partial charge in [0.15, 0.2) is 12.4 Å². The summed E-state index contributed by atoms with van der Waals surface area (Å²) in [6.45, 7) is -0.267. The molecule has 2 rings (SSSR count). The molecule has 0 saturated carbocycles. The molecule has 1 aromatic carbocycles. The van der Waals surface area contributed by atoms with Crippen LogP contribution in [-0.4, -0.2) is 22.3 Å². The standard InChI is InChI=1S/C13H10N2O4/c16-11(10-5-2-1-3-6-10)9-19-12-7-4-8-14-13(12)15(17)18/h1-8H,9H2. The van der Waals surface area contributed by atoms with E-state index in [2.05, 4.69) is 4.98 Å². The molecule has 6 nitrogen and oxygen atoms in total. The van der Waals surface area contributed by atoms with Gasteiger partial charge in [-0.2, -0.15) is 0 Å². The van der Waals surface area contributed by atoms with Crippen LogP contribution in [0.15, 0.2) is 48.7 Å². The minimum Gasteiger partial charge on any atom is -0.477 e. The number of rotatable bonds is 5. The second kappa shape index (κ2) is 5.72. The second-order valence-corrected chi connectivity index (χ2v) is 3.66. The van der Waals surface area contributed by atoms with Crippen molar-refractivity contribution in [3.05, 3.63) is 64.3 Å². The lowest BCUT2D eigenvalue weighted by Gasteiger charge is -2.05. The van der Waals surface area contributed by atoms with Crippen LogP contribution >= 0.6 is 0 Å². The highest BCUT2D eigenvalue weighted by atomic mass is 16.6. The zero-order chi connectivity index (χ0) is 13.7. The van der Waals surface area contributed by atoms with Crippen LogP contribution in [0.1, 0.15) is 10.4 Å². The number of Topliss-reactive ketones (excluding diaryl/α,β-unsaturated/α-hetero) is 1. The summed E-state index contributed by atoms with van der Waals surface area (Å²) >= 11 is 0. The van der Waals surface area contributed by atoms with Gasteiger partial charge >= 0.3 is 5.82 Å². The zero-order valence-corrected chi connectivity index (χ0v) is 9.85. The average Bonchev–Trinajstić information content (AvgIpc) is 2.46. The van der Waals surface area contributed by atoms with Gasteiger partial charge in [0.1, 0.15) is 6.20 Å². The molecule has 0 spiro atoms. The van der Waals surface area contributed by atoms with E-state index in [0.29, 0.717) is 5.56 Å². The number of ether oxygens (including phenoxy) is 1. The third-order valence-electron chi connectivity index (χ3n) is 2.38. The summed E-state index contributed by atoms with van der Waals surface area (Å²) in [7, 11) is 0. The number of hydrogen-bond donors (Lipinski definition) is 0. The van der Waals surface area contributed by atoms with Crippen molar-refractivity contribution < 1.29 is 14.5 Å². The maximum absolute atomic E-state index is 11.8. The monoisotopic (exact) mass is 258 g/mol. The van der Waals surface area contributed by atoms with Crippen molar-refractivity contribution in [2.75, 3.05) is 6.61 Å². The number of nitro groups is 1. The largest absolute Gasteiger partial charge is 0.477 e. The van der Waals surface area contributed by atoms with E-state index in [9.17, 15) is 14.9 Å². The minimum atomic E-state index is -0.650. The molecule has 0 radical (unpaired) electrons. The van der Waals surface area contributed by atoms with E-state index >= 15 is 0 Å². The third-order valence-corrected chi connectivity index (χ3v) is 2.38. The van der Waals surface area contributed by atoms with Crippen LogP contribution in [0.5, 0.6) is 5.75 Å². The van der Waals surface area contributed by atoms with Crippen molar-refractivity contribution in [1.29, 1.82) is 0 Å². The van der Waals surface area contributed by atoms with Crippen LogP contribution in [0.2, 0.25) is 0 Å². The van der Waals surface area contributed by atoms with E-state index < -0.39 is 10.7 Å². The molecule has 0 saturated heterocycles. The van der Waals surface area contributed by atoms with Crippen LogP contribution < -0.4 is 4.74 Å². The normalized spacial score (nSPS) is 9.89. The van der Waals surface area contributed by atoms with Crippen LogP contribution in [0, 0.1) is 10.1 Å². The van der Waals surface area contributed by atoms with Gasteiger partial charge in [-0.3, -0.25) is 4.79 Å². The lowest BCUT2D eigenvalue weighted by atomic mass is 10.1. The number of ketones is 1. The van der Waals surface area contributed by atoms with E-state index in [1.807, 2.05) is 0 Å². The van der Waals surface area contributed by atoms with Gasteiger partial charge < -0.3 is 14.9 Å². The Morgan fingerprint density at radius 2 is 1.95 bits per heavy atom. The summed E-state index contributed by atoms with van der Waals surface area (Å²) in [5.41, 5.74) is 0.494. The maximum atomic E-state index is 11.8. The number of benzene rings is 1. The summed E-state index contributed by atoms with van der Waals surface area (Å²) in [5.74, 6) is -0.668. The fraction of sp³-hybridized carbons (Fsp3) is 0.0769. The first-order valence-corrected chi connectivity index (χ1v) is 5.49. The lowest BCUT2D eigenvalue weighted by molar-refractivity contribution is -0.390. The maximum Gasteiger partial charge on any atom is 0.406 e. The van der Waals surface area contributed by atoms with Gasteiger partial charge in [0, 0.05) is 5.56 Å². The molecule has 0 N–H and O–H groups in total. The number of hydrogen-bond acceptors (Lipinski definition) is 5. The van der Waals surface area contributed by atoms with Crippen LogP contribution in [0.4, 0.5) is 5.82 Å². The molecule has 0 aliphatic carbocycles. The predicted octanol–water partition coefficient (Wildman–Crippen LogP) is 2.25. The predicted molar refractivity (Wildman–Crippen MR) is 67.2 cm³/mol. The van der Waals surface area contributed by atoms with Crippen molar-refractivity contribution in [2.45, 2.75) is 0 Å². The lowest BCUT2D eigenvalue weighted by Crippen LogP contribution is -2.12. The second-order valence-electron chi connectivity index (χ2n) is 3.66. The summed E-state index contributed by atoms with van der Waals surface area (Å²) in [4.78, 5) is 25.4. The summed E-state index contributed by atoms with van der Waals surface area (Å²) in [5, 5.41) is 10.7. The van der Waals surface area contributed by atoms with Crippen molar-refractivity contribution in [2.24, 2.45) is 0 Å². The molecule has 0 amide bonds. The molecule has 19 heavy (non-hydrogen) atoms. The zero-order valence-electron chi connectivity index (χ0n) is 9.85. The van der Waals surface area contributed by atoms with Crippen molar-refractivity contribution in [1.82, 2.24) is 4.98 Å². The molecule has 2 aromatic rings. The van der Waals surface area contributed by atoms with Gasteiger partial charge in [-0.25, -0.2) is 0 Å². The average molecular weight is 258 g/mol. The van der Waals surface area contributed by atoms with Gasteiger partial charge in [-0.05, 0) is 22.0 Å². The minimum absolute atomic E-state index is 0.0169. The van der Waals surface area contributed by atoms with E-state index in [1.165, 1.54) is 18.3 Å². The van der Waals surface area contributed by atoms with Crippen molar-refractivity contribution in [3.8, 4) is 5.75 Å². The number of nitrogens with zero attached hydrogens (tertiary/aromatic N) is 2. The highest BCUT2D eigenvalue weighted by Crippen LogP contribution is 2.22. The SMILES string of the molecule is O=C(COc1cccnc1[N+](=O)[O-])c1ccccc1. The Bertz CT molecular complexity index is 599. The topological polar surface area (TPSA) is 82.3 Å².